The molecule has 1 fully saturated rings. The van der Waals surface area contributed by atoms with Crippen LogP contribution in [0.5, 0.6) is 11.5 Å². The highest BCUT2D eigenvalue weighted by Gasteiger charge is 2.09. The van der Waals surface area contributed by atoms with Crippen LogP contribution in [0, 0.1) is 10.1 Å². The normalized spacial score (nSPS) is 14.3. The van der Waals surface area contributed by atoms with Crippen LogP contribution in [0.3, 0.4) is 0 Å². The van der Waals surface area contributed by atoms with Crippen LogP contribution in [0.4, 0.5) is 5.69 Å². The van der Waals surface area contributed by atoms with Crippen molar-refractivity contribution in [2.75, 3.05) is 20.2 Å². The molecule has 1 aliphatic rings. The van der Waals surface area contributed by atoms with E-state index in [0.29, 0.717) is 18.1 Å². The van der Waals surface area contributed by atoms with Crippen molar-refractivity contribution in [2.45, 2.75) is 25.9 Å². The average molecular weight is 369 g/mol. The number of hydrazone groups is 1. The lowest BCUT2D eigenvalue weighted by Gasteiger charge is -2.23. The molecular weight excluding hydrogens is 346 g/mol. The number of hydrogen-bond acceptors (Lipinski definition) is 6. The Labute approximate surface area is 158 Å². The molecule has 0 aliphatic carbocycles. The summed E-state index contributed by atoms with van der Waals surface area (Å²) >= 11 is 0. The van der Waals surface area contributed by atoms with Crippen LogP contribution in [-0.2, 0) is 6.61 Å². The van der Waals surface area contributed by atoms with Crippen LogP contribution in [0.15, 0.2) is 47.6 Å². The van der Waals surface area contributed by atoms with Crippen molar-refractivity contribution in [1.82, 2.24) is 5.01 Å². The number of hydrogen-bond donors (Lipinski definition) is 0. The molecule has 0 atom stereocenters. The van der Waals surface area contributed by atoms with Gasteiger partial charge < -0.3 is 9.47 Å². The molecule has 0 saturated carbocycles. The minimum Gasteiger partial charge on any atom is -0.493 e. The molecule has 2 aromatic rings. The van der Waals surface area contributed by atoms with Gasteiger partial charge in [0, 0.05) is 25.2 Å². The summed E-state index contributed by atoms with van der Waals surface area (Å²) in [6.45, 7) is 2.29. The smallest absolute Gasteiger partial charge is 0.269 e. The summed E-state index contributed by atoms with van der Waals surface area (Å²) in [4.78, 5) is 10.3. The molecule has 7 nitrogen and oxygen atoms in total. The standard InChI is InChI=1S/C20H23N3O4/c1-26-19-10-7-17(14-21-22-11-3-2-4-12-22)13-20(19)27-15-16-5-8-18(9-6-16)23(24)25/h5-10,13-14H,2-4,11-12,15H2,1H3/b21-14-. The van der Waals surface area contributed by atoms with Crippen LogP contribution < -0.4 is 9.47 Å². The van der Waals surface area contributed by atoms with E-state index in [9.17, 15) is 10.1 Å². The molecule has 0 aromatic heterocycles. The van der Waals surface area contributed by atoms with E-state index >= 15 is 0 Å². The second-order valence-corrected chi connectivity index (χ2v) is 6.38. The average Bonchev–Trinajstić information content (AvgIpc) is 2.71. The topological polar surface area (TPSA) is 77.2 Å². The summed E-state index contributed by atoms with van der Waals surface area (Å²) < 4.78 is 11.2. The monoisotopic (exact) mass is 369 g/mol. The molecule has 7 heteroatoms. The van der Waals surface area contributed by atoms with Gasteiger partial charge in [-0.2, -0.15) is 5.10 Å². The fourth-order valence-corrected chi connectivity index (χ4v) is 2.90. The van der Waals surface area contributed by atoms with E-state index in [4.69, 9.17) is 9.47 Å². The minimum atomic E-state index is -0.418. The highest BCUT2D eigenvalue weighted by atomic mass is 16.6. The predicted molar refractivity (Wildman–Crippen MR) is 103 cm³/mol. The van der Waals surface area contributed by atoms with Crippen LogP contribution >= 0.6 is 0 Å². The molecule has 0 radical (unpaired) electrons. The summed E-state index contributed by atoms with van der Waals surface area (Å²) in [6.07, 6.45) is 5.48. The fraction of sp³-hybridized carbons (Fsp3) is 0.350. The number of piperidine rings is 1. The van der Waals surface area contributed by atoms with Crippen LogP contribution in [0.2, 0.25) is 0 Å². The first-order valence-electron chi connectivity index (χ1n) is 8.99. The number of methoxy groups -OCH3 is 1. The van der Waals surface area contributed by atoms with Crippen molar-refractivity contribution < 1.29 is 14.4 Å². The van der Waals surface area contributed by atoms with Crippen molar-refractivity contribution in [2.24, 2.45) is 5.10 Å². The lowest BCUT2D eigenvalue weighted by atomic mass is 10.2. The number of nitrogens with zero attached hydrogens (tertiary/aromatic N) is 3. The number of non-ortho nitro benzene ring substituents is 1. The van der Waals surface area contributed by atoms with Crippen molar-refractivity contribution in [1.29, 1.82) is 0 Å². The molecule has 1 aliphatic heterocycles. The number of nitro groups is 1. The third-order valence-corrected chi connectivity index (χ3v) is 4.43. The summed E-state index contributed by atoms with van der Waals surface area (Å²) in [5.74, 6) is 1.24. The maximum absolute atomic E-state index is 10.7. The molecule has 1 heterocycles. The molecule has 2 aromatic carbocycles. The summed E-state index contributed by atoms with van der Waals surface area (Å²) in [6, 6.07) is 12.0. The summed E-state index contributed by atoms with van der Waals surface area (Å²) in [5.41, 5.74) is 1.84. The number of nitro benzene ring substituents is 1. The predicted octanol–water partition coefficient (Wildman–Crippen LogP) is 4.00. The van der Waals surface area contributed by atoms with Crippen molar-refractivity contribution >= 4 is 11.9 Å². The number of ether oxygens (including phenoxy) is 2. The molecule has 0 bridgehead atoms. The van der Waals surface area contributed by atoms with E-state index in [-0.39, 0.29) is 5.69 Å². The Hall–Kier alpha value is -3.09. The Morgan fingerprint density at radius 1 is 1.11 bits per heavy atom. The fourth-order valence-electron chi connectivity index (χ4n) is 2.90. The molecule has 0 spiro atoms. The van der Waals surface area contributed by atoms with Gasteiger partial charge in [0.15, 0.2) is 11.5 Å². The van der Waals surface area contributed by atoms with Gasteiger partial charge in [-0.25, -0.2) is 0 Å². The van der Waals surface area contributed by atoms with Crippen molar-refractivity contribution in [3.05, 3.63) is 63.7 Å². The molecular formula is C20H23N3O4. The third kappa shape index (κ3) is 5.20. The minimum absolute atomic E-state index is 0.0623. The van der Waals surface area contributed by atoms with E-state index in [1.807, 2.05) is 24.4 Å². The second kappa shape index (κ2) is 9.02. The number of benzene rings is 2. The Morgan fingerprint density at radius 2 is 1.85 bits per heavy atom. The highest BCUT2D eigenvalue weighted by molar-refractivity contribution is 5.80. The Kier molecular flexibility index (Phi) is 6.25. The van der Waals surface area contributed by atoms with Gasteiger partial charge in [0.05, 0.1) is 18.2 Å². The van der Waals surface area contributed by atoms with E-state index < -0.39 is 4.92 Å². The number of rotatable bonds is 7. The maximum Gasteiger partial charge on any atom is 0.269 e. The summed E-state index contributed by atoms with van der Waals surface area (Å²) in [7, 11) is 1.59. The first kappa shape index (κ1) is 18.7. The molecule has 142 valence electrons. The molecule has 0 amide bonds. The lowest BCUT2D eigenvalue weighted by Crippen LogP contribution is -2.24. The van der Waals surface area contributed by atoms with Crippen LogP contribution in [0.1, 0.15) is 30.4 Å². The van der Waals surface area contributed by atoms with Crippen molar-refractivity contribution in [3.8, 4) is 11.5 Å². The van der Waals surface area contributed by atoms with Gasteiger partial charge in [-0.15, -0.1) is 0 Å². The molecule has 27 heavy (non-hydrogen) atoms. The first-order chi connectivity index (χ1) is 13.2. The van der Waals surface area contributed by atoms with Gasteiger partial charge in [-0.05, 0) is 60.7 Å². The Bertz CT molecular complexity index is 799. The van der Waals surface area contributed by atoms with Gasteiger partial charge in [0.25, 0.3) is 5.69 Å². The van der Waals surface area contributed by atoms with Crippen LogP contribution in [0.25, 0.3) is 0 Å². The zero-order valence-corrected chi connectivity index (χ0v) is 15.3. The van der Waals surface area contributed by atoms with Gasteiger partial charge >= 0.3 is 0 Å². The molecule has 1 saturated heterocycles. The molecule has 0 N–H and O–H groups in total. The summed E-state index contributed by atoms with van der Waals surface area (Å²) in [5, 5.41) is 17.4. The zero-order valence-electron chi connectivity index (χ0n) is 15.3. The van der Waals surface area contributed by atoms with E-state index in [0.717, 1.165) is 24.2 Å². The zero-order chi connectivity index (χ0) is 19.1. The maximum atomic E-state index is 10.7. The highest BCUT2D eigenvalue weighted by Crippen LogP contribution is 2.28. The van der Waals surface area contributed by atoms with E-state index in [2.05, 4.69) is 10.1 Å². The lowest BCUT2D eigenvalue weighted by molar-refractivity contribution is -0.384. The SMILES string of the molecule is COc1ccc(/C=N\N2CCCCC2)cc1OCc1ccc([N+](=O)[O-])cc1. The quantitative estimate of drug-likeness (QED) is 0.419. The molecule has 3 rings (SSSR count). The van der Waals surface area contributed by atoms with Gasteiger partial charge in [-0.1, -0.05) is 0 Å². The van der Waals surface area contributed by atoms with Gasteiger partial charge in [0.1, 0.15) is 6.61 Å². The second-order valence-electron chi connectivity index (χ2n) is 6.38. The van der Waals surface area contributed by atoms with Gasteiger partial charge in [0.2, 0.25) is 0 Å². The van der Waals surface area contributed by atoms with Crippen LogP contribution in [-0.4, -0.2) is 36.3 Å². The van der Waals surface area contributed by atoms with E-state index in [1.165, 1.54) is 31.4 Å². The Morgan fingerprint density at radius 3 is 2.52 bits per heavy atom. The largest absolute Gasteiger partial charge is 0.493 e. The molecule has 0 unspecified atom stereocenters. The first-order valence-corrected chi connectivity index (χ1v) is 8.99. The van der Waals surface area contributed by atoms with Gasteiger partial charge in [-0.3, -0.25) is 15.1 Å². The Balaban J connectivity index is 1.67. The third-order valence-electron chi connectivity index (χ3n) is 4.43. The van der Waals surface area contributed by atoms with E-state index in [1.54, 1.807) is 19.2 Å². The van der Waals surface area contributed by atoms with Crippen molar-refractivity contribution in [3.63, 3.8) is 0 Å².